The molecule has 1 fully saturated rings. The number of carbonyl (C=O) groups excluding carboxylic acids is 1. The van der Waals surface area contributed by atoms with Gasteiger partial charge in [0.1, 0.15) is 12.4 Å². The van der Waals surface area contributed by atoms with Crippen molar-refractivity contribution in [3.63, 3.8) is 0 Å². The Morgan fingerprint density at radius 2 is 2.00 bits per heavy atom. The van der Waals surface area contributed by atoms with Crippen molar-refractivity contribution in [1.29, 1.82) is 0 Å². The SMILES string of the molecule is O=C(NCCOc1cccc(Br)c1)N1CCCCCC1. The third-order valence-corrected chi connectivity index (χ3v) is 3.83. The van der Waals surface area contributed by atoms with Crippen LogP contribution in [0, 0.1) is 0 Å². The zero-order chi connectivity index (χ0) is 14.2. The van der Waals surface area contributed by atoms with Gasteiger partial charge in [0, 0.05) is 17.6 Å². The molecule has 0 radical (unpaired) electrons. The number of hydrogen-bond acceptors (Lipinski definition) is 2. The van der Waals surface area contributed by atoms with Crippen LogP contribution in [0.3, 0.4) is 0 Å². The summed E-state index contributed by atoms with van der Waals surface area (Å²) in [5.41, 5.74) is 0. The molecule has 110 valence electrons. The molecule has 2 rings (SSSR count). The fourth-order valence-electron chi connectivity index (χ4n) is 2.27. The smallest absolute Gasteiger partial charge is 0.317 e. The van der Waals surface area contributed by atoms with Crippen LogP contribution in [0.5, 0.6) is 5.75 Å². The fourth-order valence-corrected chi connectivity index (χ4v) is 2.65. The van der Waals surface area contributed by atoms with E-state index in [9.17, 15) is 4.79 Å². The molecule has 20 heavy (non-hydrogen) atoms. The standard InChI is InChI=1S/C15H21BrN2O2/c16-13-6-5-7-14(12-13)20-11-8-17-15(19)18-9-3-1-2-4-10-18/h5-7,12H,1-4,8-11H2,(H,17,19). The van der Waals surface area contributed by atoms with E-state index in [4.69, 9.17) is 4.74 Å². The molecule has 1 N–H and O–H groups in total. The first kappa shape index (κ1) is 15.2. The monoisotopic (exact) mass is 340 g/mol. The molecule has 0 aromatic heterocycles. The van der Waals surface area contributed by atoms with Gasteiger partial charge in [-0.1, -0.05) is 34.8 Å². The number of likely N-dealkylation sites (tertiary alicyclic amines) is 1. The van der Waals surface area contributed by atoms with Gasteiger partial charge >= 0.3 is 6.03 Å². The molecule has 1 aliphatic heterocycles. The summed E-state index contributed by atoms with van der Waals surface area (Å²) in [6.07, 6.45) is 4.69. The lowest BCUT2D eigenvalue weighted by Gasteiger charge is -2.20. The molecule has 4 nitrogen and oxygen atoms in total. The van der Waals surface area contributed by atoms with Gasteiger partial charge < -0.3 is 15.0 Å². The Balaban J connectivity index is 1.66. The summed E-state index contributed by atoms with van der Waals surface area (Å²) in [7, 11) is 0. The van der Waals surface area contributed by atoms with Crippen LogP contribution < -0.4 is 10.1 Å². The number of ether oxygens (including phenoxy) is 1. The van der Waals surface area contributed by atoms with Crippen molar-refractivity contribution in [1.82, 2.24) is 10.2 Å². The summed E-state index contributed by atoms with van der Waals surface area (Å²) in [6, 6.07) is 7.73. The Labute approximate surface area is 128 Å². The van der Waals surface area contributed by atoms with Crippen molar-refractivity contribution in [2.75, 3.05) is 26.2 Å². The lowest BCUT2D eigenvalue weighted by Crippen LogP contribution is -2.41. The van der Waals surface area contributed by atoms with Crippen molar-refractivity contribution in [2.24, 2.45) is 0 Å². The van der Waals surface area contributed by atoms with Gasteiger partial charge in [-0.05, 0) is 31.0 Å². The molecule has 0 bridgehead atoms. The highest BCUT2D eigenvalue weighted by Gasteiger charge is 2.14. The van der Waals surface area contributed by atoms with Crippen LogP contribution in [0.4, 0.5) is 4.79 Å². The van der Waals surface area contributed by atoms with E-state index in [1.165, 1.54) is 12.8 Å². The normalized spacial score (nSPS) is 15.6. The first-order valence-corrected chi connectivity index (χ1v) is 7.96. The van der Waals surface area contributed by atoms with E-state index in [2.05, 4.69) is 21.2 Å². The van der Waals surface area contributed by atoms with Crippen LogP contribution in [0.25, 0.3) is 0 Å². The summed E-state index contributed by atoms with van der Waals surface area (Å²) >= 11 is 3.40. The molecular weight excluding hydrogens is 320 g/mol. The van der Waals surface area contributed by atoms with E-state index in [0.29, 0.717) is 13.2 Å². The zero-order valence-corrected chi connectivity index (χ0v) is 13.2. The zero-order valence-electron chi connectivity index (χ0n) is 11.6. The topological polar surface area (TPSA) is 41.6 Å². The maximum atomic E-state index is 12.0. The predicted molar refractivity (Wildman–Crippen MR) is 83.1 cm³/mol. The average molecular weight is 341 g/mol. The van der Waals surface area contributed by atoms with Gasteiger partial charge in [0.2, 0.25) is 0 Å². The molecule has 0 aliphatic carbocycles. The van der Waals surface area contributed by atoms with Gasteiger partial charge in [0.15, 0.2) is 0 Å². The van der Waals surface area contributed by atoms with E-state index in [1.54, 1.807) is 0 Å². The number of carbonyl (C=O) groups is 1. The second kappa shape index (κ2) is 8.15. The summed E-state index contributed by atoms with van der Waals surface area (Å²) in [5.74, 6) is 0.809. The minimum absolute atomic E-state index is 0.0322. The molecule has 1 aromatic carbocycles. The van der Waals surface area contributed by atoms with Gasteiger partial charge in [0.25, 0.3) is 0 Å². The van der Waals surface area contributed by atoms with E-state index in [-0.39, 0.29) is 6.03 Å². The number of rotatable bonds is 4. The predicted octanol–water partition coefficient (Wildman–Crippen LogP) is 3.41. The molecule has 2 amide bonds. The Hall–Kier alpha value is -1.23. The molecule has 0 unspecified atom stereocenters. The van der Waals surface area contributed by atoms with E-state index >= 15 is 0 Å². The number of benzene rings is 1. The Morgan fingerprint density at radius 1 is 1.25 bits per heavy atom. The van der Waals surface area contributed by atoms with Gasteiger partial charge in [-0.25, -0.2) is 4.79 Å². The van der Waals surface area contributed by atoms with Crippen molar-refractivity contribution in [3.05, 3.63) is 28.7 Å². The molecule has 0 atom stereocenters. The molecule has 0 spiro atoms. The van der Waals surface area contributed by atoms with Gasteiger partial charge in [-0.2, -0.15) is 0 Å². The number of halogens is 1. The Morgan fingerprint density at radius 3 is 2.70 bits per heavy atom. The average Bonchev–Trinajstić information content (AvgIpc) is 2.72. The highest BCUT2D eigenvalue weighted by Crippen LogP contribution is 2.17. The fraction of sp³-hybridized carbons (Fsp3) is 0.533. The number of nitrogens with one attached hydrogen (secondary N) is 1. The van der Waals surface area contributed by atoms with Crippen LogP contribution in [0.15, 0.2) is 28.7 Å². The van der Waals surface area contributed by atoms with Crippen LogP contribution in [-0.4, -0.2) is 37.2 Å². The second-order valence-electron chi connectivity index (χ2n) is 4.94. The summed E-state index contributed by atoms with van der Waals surface area (Å²) in [4.78, 5) is 13.9. The molecule has 1 heterocycles. The number of amides is 2. The van der Waals surface area contributed by atoms with Crippen molar-refractivity contribution >= 4 is 22.0 Å². The van der Waals surface area contributed by atoms with Crippen molar-refractivity contribution in [2.45, 2.75) is 25.7 Å². The van der Waals surface area contributed by atoms with Gasteiger partial charge in [0.05, 0.1) is 6.54 Å². The van der Waals surface area contributed by atoms with Crippen LogP contribution in [-0.2, 0) is 0 Å². The van der Waals surface area contributed by atoms with Crippen molar-refractivity contribution in [3.8, 4) is 5.75 Å². The Bertz CT molecular complexity index is 432. The first-order chi connectivity index (χ1) is 9.75. The number of nitrogens with zero attached hydrogens (tertiary/aromatic N) is 1. The lowest BCUT2D eigenvalue weighted by molar-refractivity contribution is 0.196. The molecule has 1 saturated heterocycles. The van der Waals surface area contributed by atoms with E-state index < -0.39 is 0 Å². The molecule has 5 heteroatoms. The Kier molecular flexibility index (Phi) is 6.18. The third kappa shape index (κ3) is 5.04. The maximum Gasteiger partial charge on any atom is 0.317 e. The summed E-state index contributed by atoms with van der Waals surface area (Å²) < 4.78 is 6.58. The molecule has 1 aliphatic rings. The minimum Gasteiger partial charge on any atom is -0.492 e. The highest BCUT2D eigenvalue weighted by atomic mass is 79.9. The van der Waals surface area contributed by atoms with E-state index in [1.807, 2.05) is 29.2 Å². The quantitative estimate of drug-likeness (QED) is 0.853. The molecule has 0 saturated carbocycles. The second-order valence-corrected chi connectivity index (χ2v) is 5.85. The maximum absolute atomic E-state index is 12.0. The minimum atomic E-state index is 0.0322. The number of hydrogen-bond donors (Lipinski definition) is 1. The number of urea groups is 1. The molecule has 1 aromatic rings. The van der Waals surface area contributed by atoms with Gasteiger partial charge in [-0.15, -0.1) is 0 Å². The van der Waals surface area contributed by atoms with Crippen LogP contribution >= 0.6 is 15.9 Å². The van der Waals surface area contributed by atoms with Crippen LogP contribution in [0.2, 0.25) is 0 Å². The van der Waals surface area contributed by atoms with Crippen LogP contribution in [0.1, 0.15) is 25.7 Å². The van der Waals surface area contributed by atoms with E-state index in [0.717, 1.165) is 36.2 Å². The first-order valence-electron chi connectivity index (χ1n) is 7.17. The van der Waals surface area contributed by atoms with Crippen molar-refractivity contribution < 1.29 is 9.53 Å². The van der Waals surface area contributed by atoms with Gasteiger partial charge in [-0.3, -0.25) is 0 Å². The third-order valence-electron chi connectivity index (χ3n) is 3.34. The lowest BCUT2D eigenvalue weighted by atomic mass is 10.2. The summed E-state index contributed by atoms with van der Waals surface area (Å²) in [6.45, 7) is 2.76. The largest absolute Gasteiger partial charge is 0.492 e. The summed E-state index contributed by atoms with van der Waals surface area (Å²) in [5, 5.41) is 2.92. The molecular formula is C15H21BrN2O2. The highest BCUT2D eigenvalue weighted by molar-refractivity contribution is 9.10.